The van der Waals surface area contributed by atoms with Gasteiger partial charge in [0, 0.05) is 37.4 Å². The summed E-state index contributed by atoms with van der Waals surface area (Å²) in [5, 5.41) is 27.8. The standard InChI is InChI=1S/C25H34F5N5O5/c1-24(2,25(28,29)30)21(35-23(38)39-3)22(37)34-11-16(36)10-32-12-17-18(26)8-14(9-19(17)27)20(31)4-6-33-15-5-7-40-13-15/h4,6,8-9,15-16,21,31-33,36H,5,7,10-13H2,1-3H3,(H,34,37)(H,35,38)/b6-4-,31-20?/t15-,16+,21?/m1/s1. The number of alkyl halides is 3. The molecule has 0 bridgehead atoms. The van der Waals surface area contributed by atoms with Crippen LogP contribution in [-0.4, -0.2) is 80.6 Å². The van der Waals surface area contributed by atoms with Gasteiger partial charge < -0.3 is 41.3 Å². The fourth-order valence-electron chi connectivity index (χ4n) is 3.63. The zero-order chi connectivity index (χ0) is 30.1. The molecule has 6 N–H and O–H groups in total. The van der Waals surface area contributed by atoms with Crippen molar-refractivity contribution in [1.29, 1.82) is 5.41 Å². The van der Waals surface area contributed by atoms with Crippen molar-refractivity contribution in [2.24, 2.45) is 5.41 Å². The zero-order valence-corrected chi connectivity index (χ0v) is 22.3. The molecule has 0 spiro atoms. The third kappa shape index (κ3) is 9.13. The SMILES string of the molecule is COC(=O)NC(C(=O)NC[C@@H](O)CNCc1c(F)cc(C(=N)/C=C\N[C@@H]2CCOC2)cc1F)C(C)(C)C(F)(F)F. The van der Waals surface area contributed by atoms with Crippen LogP contribution in [0, 0.1) is 22.5 Å². The molecule has 0 saturated carbocycles. The highest BCUT2D eigenvalue weighted by Crippen LogP contribution is 2.40. The van der Waals surface area contributed by atoms with Gasteiger partial charge >= 0.3 is 12.3 Å². The number of ether oxygens (including phenoxy) is 2. The van der Waals surface area contributed by atoms with Gasteiger partial charge in [-0.3, -0.25) is 4.79 Å². The Morgan fingerprint density at radius 2 is 1.88 bits per heavy atom. The first kappa shape index (κ1) is 32.9. The largest absolute Gasteiger partial charge is 0.453 e. The number of halogens is 5. The second kappa shape index (κ2) is 14.4. The highest BCUT2D eigenvalue weighted by atomic mass is 19.4. The first-order valence-electron chi connectivity index (χ1n) is 12.3. The number of hydrogen-bond acceptors (Lipinski definition) is 8. The van der Waals surface area contributed by atoms with Crippen molar-refractivity contribution in [2.45, 2.75) is 51.2 Å². The summed E-state index contributed by atoms with van der Waals surface area (Å²) in [6.07, 6.45) is -3.76. The van der Waals surface area contributed by atoms with Crippen molar-refractivity contribution in [1.82, 2.24) is 21.3 Å². The number of methoxy groups -OCH3 is 1. The molecule has 1 aliphatic rings. The Morgan fingerprint density at radius 1 is 1.23 bits per heavy atom. The van der Waals surface area contributed by atoms with Crippen LogP contribution in [0.5, 0.6) is 0 Å². The Morgan fingerprint density at radius 3 is 2.42 bits per heavy atom. The van der Waals surface area contributed by atoms with Crippen LogP contribution >= 0.6 is 0 Å². The minimum Gasteiger partial charge on any atom is -0.453 e. The van der Waals surface area contributed by atoms with Crippen molar-refractivity contribution in [2.75, 3.05) is 33.4 Å². The van der Waals surface area contributed by atoms with Gasteiger partial charge in [0.05, 0.1) is 37.0 Å². The molecule has 1 aromatic rings. The Labute approximate surface area is 228 Å². The Bertz CT molecular complexity index is 1050. The molecule has 1 fully saturated rings. The first-order valence-corrected chi connectivity index (χ1v) is 12.3. The first-order chi connectivity index (χ1) is 18.7. The minimum absolute atomic E-state index is 0.0131. The fourth-order valence-corrected chi connectivity index (χ4v) is 3.63. The van der Waals surface area contributed by atoms with Crippen molar-refractivity contribution >= 4 is 17.7 Å². The van der Waals surface area contributed by atoms with Crippen LogP contribution in [0.1, 0.15) is 31.4 Å². The number of amides is 2. The maximum atomic E-state index is 14.6. The van der Waals surface area contributed by atoms with E-state index in [-0.39, 0.29) is 36.0 Å². The molecule has 40 heavy (non-hydrogen) atoms. The molecule has 1 aromatic carbocycles. The Hall–Kier alpha value is -3.30. The van der Waals surface area contributed by atoms with Crippen LogP contribution in [0.25, 0.3) is 0 Å². The van der Waals surface area contributed by atoms with E-state index < -0.39 is 53.9 Å². The van der Waals surface area contributed by atoms with E-state index >= 15 is 0 Å². The molecule has 1 heterocycles. The number of carbonyl (C=O) groups is 2. The van der Waals surface area contributed by atoms with Gasteiger partial charge in [-0.1, -0.05) is 0 Å². The summed E-state index contributed by atoms with van der Waals surface area (Å²) in [5.74, 6) is -3.07. The summed E-state index contributed by atoms with van der Waals surface area (Å²) in [7, 11) is 0.923. The van der Waals surface area contributed by atoms with E-state index in [2.05, 4.69) is 20.7 Å². The molecular formula is C25H34F5N5O5. The summed E-state index contributed by atoms with van der Waals surface area (Å²) in [4.78, 5) is 24.0. The third-order valence-corrected chi connectivity index (χ3v) is 6.32. The van der Waals surface area contributed by atoms with Crippen LogP contribution in [-0.2, 0) is 20.8 Å². The van der Waals surface area contributed by atoms with E-state index in [4.69, 9.17) is 10.1 Å². The number of alkyl carbamates (subject to hydrolysis) is 1. The molecular weight excluding hydrogens is 545 g/mol. The molecule has 2 rings (SSSR count). The number of allylic oxidation sites excluding steroid dienone is 1. The number of hydrogen-bond donors (Lipinski definition) is 6. The van der Waals surface area contributed by atoms with E-state index in [1.165, 1.54) is 12.3 Å². The lowest BCUT2D eigenvalue weighted by atomic mass is 9.83. The van der Waals surface area contributed by atoms with Crippen LogP contribution in [0.2, 0.25) is 0 Å². The summed E-state index contributed by atoms with van der Waals surface area (Å²) in [5.41, 5.74) is -3.14. The van der Waals surface area contributed by atoms with Crippen molar-refractivity contribution < 1.29 is 46.1 Å². The molecule has 0 aromatic heterocycles. The van der Waals surface area contributed by atoms with Crippen molar-refractivity contribution in [3.05, 3.63) is 47.2 Å². The van der Waals surface area contributed by atoms with Gasteiger partial charge in [-0.25, -0.2) is 13.6 Å². The second-order valence-electron chi connectivity index (χ2n) is 9.71. The summed E-state index contributed by atoms with van der Waals surface area (Å²) < 4.78 is 79.0. The molecule has 1 saturated heterocycles. The van der Waals surface area contributed by atoms with Gasteiger partial charge in [0.2, 0.25) is 5.91 Å². The molecule has 0 aliphatic carbocycles. The lowest BCUT2D eigenvalue weighted by Gasteiger charge is -2.35. The Kier molecular flexibility index (Phi) is 11.8. The monoisotopic (exact) mass is 579 g/mol. The van der Waals surface area contributed by atoms with Crippen LogP contribution in [0.4, 0.5) is 26.7 Å². The predicted octanol–water partition coefficient (Wildman–Crippen LogP) is 2.10. The van der Waals surface area contributed by atoms with Crippen LogP contribution in [0.15, 0.2) is 24.4 Å². The van der Waals surface area contributed by atoms with Gasteiger partial charge in [-0.2, -0.15) is 13.2 Å². The predicted molar refractivity (Wildman–Crippen MR) is 135 cm³/mol. The van der Waals surface area contributed by atoms with Gasteiger partial charge in [0.25, 0.3) is 0 Å². The smallest absolute Gasteiger partial charge is 0.407 e. The summed E-state index contributed by atoms with van der Waals surface area (Å²) in [6.45, 7) is 1.45. The van der Waals surface area contributed by atoms with Crippen molar-refractivity contribution in [3.63, 3.8) is 0 Å². The molecule has 15 heteroatoms. The summed E-state index contributed by atoms with van der Waals surface area (Å²) >= 11 is 0. The number of aliphatic hydroxyl groups is 1. The zero-order valence-electron chi connectivity index (χ0n) is 22.3. The fraction of sp³-hybridized carbons (Fsp3) is 0.560. The number of benzene rings is 1. The quantitative estimate of drug-likeness (QED) is 0.155. The minimum atomic E-state index is -4.86. The number of nitrogens with one attached hydrogen (secondary N) is 5. The topological polar surface area (TPSA) is 145 Å². The molecule has 10 nitrogen and oxygen atoms in total. The number of carbonyl (C=O) groups excluding carboxylic acids is 2. The maximum Gasteiger partial charge on any atom is 0.407 e. The molecule has 224 valence electrons. The molecule has 1 unspecified atom stereocenters. The van der Waals surface area contributed by atoms with Crippen LogP contribution in [0.3, 0.4) is 0 Å². The lowest BCUT2D eigenvalue weighted by molar-refractivity contribution is -0.220. The van der Waals surface area contributed by atoms with Crippen molar-refractivity contribution in [3.8, 4) is 0 Å². The molecule has 3 atom stereocenters. The third-order valence-electron chi connectivity index (χ3n) is 6.32. The van der Waals surface area contributed by atoms with E-state index in [1.807, 2.05) is 5.32 Å². The highest BCUT2D eigenvalue weighted by Gasteiger charge is 2.55. The number of rotatable bonds is 13. The van der Waals surface area contributed by atoms with E-state index in [0.29, 0.717) is 13.2 Å². The number of aliphatic hydroxyl groups excluding tert-OH is 1. The van der Waals surface area contributed by atoms with Crippen LogP contribution < -0.4 is 21.3 Å². The van der Waals surface area contributed by atoms with Gasteiger partial charge in [0.1, 0.15) is 17.7 Å². The molecule has 0 radical (unpaired) electrons. The van der Waals surface area contributed by atoms with Gasteiger partial charge in [-0.05, 0) is 44.7 Å². The van der Waals surface area contributed by atoms with Gasteiger partial charge in [0.15, 0.2) is 0 Å². The molecule has 1 aliphatic heterocycles. The maximum absolute atomic E-state index is 14.6. The van der Waals surface area contributed by atoms with Gasteiger partial charge in [-0.15, -0.1) is 0 Å². The Balaban J connectivity index is 1.90. The van der Waals surface area contributed by atoms with E-state index in [9.17, 15) is 36.6 Å². The second-order valence-corrected chi connectivity index (χ2v) is 9.71. The average Bonchev–Trinajstić information content (AvgIpc) is 3.39. The van der Waals surface area contributed by atoms with E-state index in [1.54, 1.807) is 0 Å². The normalized spacial score (nSPS) is 17.4. The summed E-state index contributed by atoms with van der Waals surface area (Å²) in [6, 6.07) is 0.0416. The lowest BCUT2D eigenvalue weighted by Crippen LogP contribution is -2.60. The average molecular weight is 580 g/mol. The van der Waals surface area contributed by atoms with E-state index in [0.717, 1.165) is 39.5 Å². The molecule has 2 amide bonds. The highest BCUT2D eigenvalue weighted by molar-refractivity contribution is 6.06.